The van der Waals surface area contributed by atoms with Crippen molar-refractivity contribution in [1.82, 2.24) is 10.9 Å². The van der Waals surface area contributed by atoms with Gasteiger partial charge >= 0.3 is 0 Å². The van der Waals surface area contributed by atoms with E-state index in [0.717, 1.165) is 12.8 Å². The first kappa shape index (κ1) is 7.32. The van der Waals surface area contributed by atoms with Gasteiger partial charge in [-0.15, -0.1) is 11.6 Å². The molecule has 1 fully saturated rings. The molecule has 4 nitrogen and oxygen atoms in total. The third-order valence-electron chi connectivity index (χ3n) is 1.19. The molecule has 10 heavy (non-hydrogen) atoms. The van der Waals surface area contributed by atoms with Gasteiger partial charge in [-0.05, 0) is 6.42 Å². The summed E-state index contributed by atoms with van der Waals surface area (Å²) in [7, 11) is 0. The molecule has 1 heterocycles. The van der Waals surface area contributed by atoms with Gasteiger partial charge in [-0.2, -0.15) is 10.3 Å². The molecule has 0 spiro atoms. The highest BCUT2D eigenvalue weighted by Crippen LogP contribution is 2.05. The summed E-state index contributed by atoms with van der Waals surface area (Å²) in [4.78, 5) is 3.51. The van der Waals surface area contributed by atoms with Crippen LogP contribution >= 0.6 is 11.6 Å². The lowest BCUT2D eigenvalue weighted by Gasteiger charge is -2.20. The largest absolute Gasteiger partial charge is 0.307 e. The van der Waals surface area contributed by atoms with Crippen molar-refractivity contribution in [3.8, 4) is 6.19 Å². The van der Waals surface area contributed by atoms with Crippen LogP contribution in [0.5, 0.6) is 0 Å². The molecular weight excluding hydrogens is 152 g/mol. The van der Waals surface area contributed by atoms with E-state index in [-0.39, 0.29) is 5.50 Å². The molecule has 0 aromatic heterocycles. The molecule has 5 heteroatoms. The van der Waals surface area contributed by atoms with E-state index < -0.39 is 0 Å². The number of nitrogens with zero attached hydrogens (tertiary/aromatic N) is 2. The number of hydrogen-bond donors (Lipinski definition) is 2. The summed E-state index contributed by atoms with van der Waals surface area (Å²) in [5, 5.41) is 8.15. The molecule has 0 bridgehead atoms. The van der Waals surface area contributed by atoms with Gasteiger partial charge in [-0.25, -0.2) is 5.43 Å². The van der Waals surface area contributed by atoms with Crippen LogP contribution in [0.25, 0.3) is 0 Å². The third-order valence-corrected chi connectivity index (χ3v) is 1.52. The SMILES string of the molecule is N#CN=C1CCC(Cl)NN1. The van der Waals surface area contributed by atoms with E-state index in [1.165, 1.54) is 0 Å². The topological polar surface area (TPSA) is 60.2 Å². The summed E-state index contributed by atoms with van der Waals surface area (Å²) in [6.45, 7) is 0. The number of halogens is 1. The van der Waals surface area contributed by atoms with E-state index >= 15 is 0 Å². The first-order chi connectivity index (χ1) is 4.83. The third kappa shape index (κ3) is 1.87. The summed E-state index contributed by atoms with van der Waals surface area (Å²) < 4.78 is 0. The second-order valence-electron chi connectivity index (χ2n) is 1.93. The molecule has 0 aliphatic carbocycles. The number of rotatable bonds is 0. The minimum Gasteiger partial charge on any atom is -0.307 e. The molecule has 2 N–H and O–H groups in total. The second kappa shape index (κ2) is 3.40. The lowest BCUT2D eigenvalue weighted by Crippen LogP contribution is -2.46. The van der Waals surface area contributed by atoms with Crippen molar-refractivity contribution in [2.45, 2.75) is 18.3 Å². The first-order valence-electron chi connectivity index (χ1n) is 2.94. The average molecular weight is 159 g/mol. The zero-order chi connectivity index (χ0) is 7.40. The maximum atomic E-state index is 8.15. The van der Waals surface area contributed by atoms with Crippen molar-refractivity contribution in [1.29, 1.82) is 5.26 Å². The lowest BCUT2D eigenvalue weighted by molar-refractivity contribution is 0.535. The van der Waals surface area contributed by atoms with Gasteiger partial charge in [0.1, 0.15) is 11.3 Å². The van der Waals surface area contributed by atoms with E-state index in [1.807, 2.05) is 0 Å². The highest BCUT2D eigenvalue weighted by atomic mass is 35.5. The molecule has 0 amide bonds. The minimum absolute atomic E-state index is 0.0577. The predicted octanol–water partition coefficient (Wildman–Crippen LogP) is 0.319. The Morgan fingerprint density at radius 1 is 1.80 bits per heavy atom. The van der Waals surface area contributed by atoms with E-state index in [1.54, 1.807) is 6.19 Å². The summed E-state index contributed by atoms with van der Waals surface area (Å²) >= 11 is 5.67. The molecule has 1 saturated heterocycles. The van der Waals surface area contributed by atoms with Crippen LogP contribution in [0.4, 0.5) is 0 Å². The van der Waals surface area contributed by atoms with Gasteiger partial charge in [-0.3, -0.25) is 0 Å². The Morgan fingerprint density at radius 3 is 3.10 bits per heavy atom. The molecule has 54 valence electrons. The zero-order valence-corrected chi connectivity index (χ0v) is 6.02. The van der Waals surface area contributed by atoms with Crippen molar-refractivity contribution in [2.75, 3.05) is 0 Å². The van der Waals surface area contributed by atoms with E-state index in [9.17, 15) is 0 Å². The number of amidine groups is 1. The van der Waals surface area contributed by atoms with Crippen LogP contribution in [-0.4, -0.2) is 11.3 Å². The Balaban J connectivity index is 2.42. The number of hydrogen-bond acceptors (Lipinski definition) is 3. The maximum absolute atomic E-state index is 8.15. The highest BCUT2D eigenvalue weighted by Gasteiger charge is 2.12. The Hall–Kier alpha value is -0.790. The number of nitrogens with one attached hydrogen (secondary N) is 2. The molecule has 0 radical (unpaired) electrons. The van der Waals surface area contributed by atoms with E-state index in [4.69, 9.17) is 16.9 Å². The van der Waals surface area contributed by atoms with Gasteiger partial charge in [-0.1, -0.05) is 0 Å². The Kier molecular flexibility index (Phi) is 2.49. The van der Waals surface area contributed by atoms with Crippen LogP contribution in [0.15, 0.2) is 4.99 Å². The summed E-state index contributed by atoms with van der Waals surface area (Å²) in [5.74, 6) is 0.652. The lowest BCUT2D eigenvalue weighted by atomic mass is 10.2. The summed E-state index contributed by atoms with van der Waals surface area (Å²) in [6, 6.07) is 0. The van der Waals surface area contributed by atoms with Gasteiger partial charge in [0.25, 0.3) is 0 Å². The summed E-state index contributed by atoms with van der Waals surface area (Å²) in [6.07, 6.45) is 3.23. The molecule has 1 rings (SSSR count). The monoisotopic (exact) mass is 158 g/mol. The van der Waals surface area contributed by atoms with Crippen LogP contribution in [0.3, 0.4) is 0 Å². The van der Waals surface area contributed by atoms with Crippen molar-refractivity contribution in [3.63, 3.8) is 0 Å². The van der Waals surface area contributed by atoms with Crippen LogP contribution < -0.4 is 10.9 Å². The predicted molar refractivity (Wildman–Crippen MR) is 38.2 cm³/mol. The fourth-order valence-electron chi connectivity index (χ4n) is 0.704. The Morgan fingerprint density at radius 2 is 2.60 bits per heavy atom. The molecule has 0 aromatic rings. The molecule has 1 aliphatic heterocycles. The van der Waals surface area contributed by atoms with Gasteiger partial charge < -0.3 is 5.43 Å². The van der Waals surface area contributed by atoms with Crippen LogP contribution in [0, 0.1) is 11.5 Å². The number of nitriles is 1. The quantitative estimate of drug-likeness (QED) is 0.303. The smallest absolute Gasteiger partial charge is 0.207 e. The van der Waals surface area contributed by atoms with Crippen molar-refractivity contribution < 1.29 is 0 Å². The van der Waals surface area contributed by atoms with Crippen LogP contribution in [0.2, 0.25) is 0 Å². The fourth-order valence-corrected chi connectivity index (χ4v) is 0.868. The molecular formula is C5H7ClN4. The standard InChI is InChI=1S/C5H7ClN4/c6-4-1-2-5(8-3-7)10-9-4/h4,9H,1-2H2,(H,8,10). The Bertz CT molecular complexity index is 173. The molecule has 1 atom stereocenters. The second-order valence-corrected chi connectivity index (χ2v) is 2.46. The van der Waals surface area contributed by atoms with Gasteiger partial charge in [0, 0.05) is 6.42 Å². The van der Waals surface area contributed by atoms with Gasteiger partial charge in [0.05, 0.1) is 0 Å². The summed E-state index contributed by atoms with van der Waals surface area (Å²) in [5.41, 5.74) is 5.41. The molecule has 0 aromatic carbocycles. The highest BCUT2D eigenvalue weighted by molar-refractivity contribution is 6.20. The number of aliphatic imine (C=N–C) groups is 1. The van der Waals surface area contributed by atoms with Gasteiger partial charge in [0.2, 0.25) is 6.19 Å². The average Bonchev–Trinajstić information content (AvgIpc) is 1.95. The fraction of sp³-hybridized carbons (Fsp3) is 0.600. The van der Waals surface area contributed by atoms with Crippen LogP contribution in [0.1, 0.15) is 12.8 Å². The Labute approximate surface area is 63.9 Å². The van der Waals surface area contributed by atoms with E-state index in [2.05, 4.69) is 15.8 Å². The molecule has 0 saturated carbocycles. The maximum Gasteiger partial charge on any atom is 0.207 e. The number of hydrazine groups is 1. The van der Waals surface area contributed by atoms with Crippen molar-refractivity contribution >= 4 is 17.4 Å². The van der Waals surface area contributed by atoms with Gasteiger partial charge in [0.15, 0.2) is 0 Å². The molecule has 1 aliphatic rings. The van der Waals surface area contributed by atoms with E-state index in [0.29, 0.717) is 5.84 Å². The van der Waals surface area contributed by atoms with Crippen molar-refractivity contribution in [3.05, 3.63) is 0 Å². The van der Waals surface area contributed by atoms with Crippen molar-refractivity contribution in [2.24, 2.45) is 4.99 Å². The molecule has 1 unspecified atom stereocenters. The normalized spacial score (nSPS) is 29.2. The minimum atomic E-state index is -0.0577. The zero-order valence-electron chi connectivity index (χ0n) is 5.26. The number of alkyl halides is 1. The first-order valence-corrected chi connectivity index (χ1v) is 3.38. The van der Waals surface area contributed by atoms with Crippen LogP contribution in [-0.2, 0) is 0 Å².